The van der Waals surface area contributed by atoms with E-state index in [9.17, 15) is 0 Å². The van der Waals surface area contributed by atoms with Crippen LogP contribution >= 0.6 is 0 Å². The first-order valence-electron chi connectivity index (χ1n) is 9.03. The number of piperidine rings is 1. The minimum atomic E-state index is 0.205. The van der Waals surface area contributed by atoms with Gasteiger partial charge in [-0.15, -0.1) is 0 Å². The number of ether oxygens (including phenoxy) is 1. The van der Waals surface area contributed by atoms with Crippen molar-refractivity contribution in [1.29, 1.82) is 0 Å². The van der Waals surface area contributed by atoms with Gasteiger partial charge in [-0.2, -0.15) is 5.10 Å². The molecule has 1 aromatic carbocycles. The summed E-state index contributed by atoms with van der Waals surface area (Å²) in [6.07, 6.45) is 9.41. The number of hydrogen-bond donors (Lipinski definition) is 0. The molecule has 1 aliphatic rings. The van der Waals surface area contributed by atoms with Crippen LogP contribution in [0.25, 0.3) is 5.69 Å². The van der Waals surface area contributed by atoms with Crippen molar-refractivity contribution in [1.82, 2.24) is 24.6 Å². The summed E-state index contributed by atoms with van der Waals surface area (Å²) in [7, 11) is 0. The van der Waals surface area contributed by atoms with Gasteiger partial charge in [-0.25, -0.2) is 14.6 Å². The lowest BCUT2D eigenvalue weighted by Gasteiger charge is -2.32. The number of hydrogen-bond acceptors (Lipinski definition) is 5. The molecule has 0 unspecified atom stereocenters. The maximum absolute atomic E-state index is 5.88. The van der Waals surface area contributed by atoms with E-state index in [1.165, 1.54) is 11.1 Å². The van der Waals surface area contributed by atoms with Crippen molar-refractivity contribution in [3.63, 3.8) is 0 Å². The van der Waals surface area contributed by atoms with Gasteiger partial charge in [0.2, 0.25) is 0 Å². The second kappa shape index (κ2) is 7.66. The predicted octanol–water partition coefficient (Wildman–Crippen LogP) is 3.01. The molecule has 0 saturated carbocycles. The number of benzene rings is 1. The summed E-state index contributed by atoms with van der Waals surface area (Å²) in [5.41, 5.74) is 3.77. The van der Waals surface area contributed by atoms with Gasteiger partial charge in [0.1, 0.15) is 6.10 Å². The van der Waals surface area contributed by atoms with E-state index in [0.717, 1.165) is 38.2 Å². The number of likely N-dealkylation sites (tertiary alicyclic amines) is 1. The van der Waals surface area contributed by atoms with E-state index in [1.807, 2.05) is 16.9 Å². The Morgan fingerprint density at radius 2 is 1.88 bits per heavy atom. The van der Waals surface area contributed by atoms with Gasteiger partial charge in [0, 0.05) is 44.4 Å². The molecule has 6 nitrogen and oxygen atoms in total. The minimum Gasteiger partial charge on any atom is -0.460 e. The highest BCUT2D eigenvalue weighted by atomic mass is 16.5. The van der Waals surface area contributed by atoms with Crippen molar-refractivity contribution < 1.29 is 4.74 Å². The number of aryl methyl sites for hydroxylation is 1. The molecule has 134 valence electrons. The lowest BCUT2D eigenvalue weighted by Crippen LogP contribution is -2.38. The van der Waals surface area contributed by atoms with Crippen LogP contribution < -0.4 is 4.74 Å². The molecule has 0 amide bonds. The zero-order valence-corrected chi connectivity index (χ0v) is 15.0. The topological polar surface area (TPSA) is 56.1 Å². The molecular weight excluding hydrogens is 326 g/mol. The largest absolute Gasteiger partial charge is 0.460 e. The van der Waals surface area contributed by atoms with Gasteiger partial charge in [0.15, 0.2) is 0 Å². The Morgan fingerprint density at radius 1 is 1.08 bits per heavy atom. The first kappa shape index (κ1) is 16.7. The van der Waals surface area contributed by atoms with Crippen LogP contribution in [0.3, 0.4) is 0 Å². The smallest absolute Gasteiger partial charge is 0.316 e. The van der Waals surface area contributed by atoms with Crippen molar-refractivity contribution in [3.8, 4) is 11.7 Å². The molecule has 1 aliphatic heterocycles. The van der Waals surface area contributed by atoms with Gasteiger partial charge < -0.3 is 4.74 Å². The Kier molecular flexibility index (Phi) is 4.93. The van der Waals surface area contributed by atoms with Crippen LogP contribution in [0.15, 0.2) is 55.1 Å². The number of aromatic nitrogens is 4. The Morgan fingerprint density at radius 3 is 2.58 bits per heavy atom. The van der Waals surface area contributed by atoms with Gasteiger partial charge in [0.05, 0.1) is 5.69 Å². The average Bonchev–Trinajstić information content (AvgIpc) is 3.21. The lowest BCUT2D eigenvalue weighted by molar-refractivity contribution is 0.0891. The maximum atomic E-state index is 5.88. The molecule has 0 N–H and O–H groups in total. The molecule has 0 atom stereocenters. The van der Waals surface area contributed by atoms with Crippen molar-refractivity contribution in [2.45, 2.75) is 32.4 Å². The highest BCUT2D eigenvalue weighted by Crippen LogP contribution is 2.20. The van der Waals surface area contributed by atoms with Crippen molar-refractivity contribution >= 4 is 0 Å². The molecule has 0 aliphatic carbocycles. The molecule has 3 aromatic rings. The summed E-state index contributed by atoms with van der Waals surface area (Å²) in [6.45, 7) is 5.19. The number of rotatable bonds is 5. The summed E-state index contributed by atoms with van der Waals surface area (Å²) >= 11 is 0. The fourth-order valence-corrected chi connectivity index (χ4v) is 3.34. The monoisotopic (exact) mass is 349 g/mol. The van der Waals surface area contributed by atoms with E-state index in [-0.39, 0.29) is 6.10 Å². The van der Waals surface area contributed by atoms with Gasteiger partial charge in [-0.3, -0.25) is 4.90 Å². The van der Waals surface area contributed by atoms with Crippen LogP contribution in [-0.2, 0) is 6.54 Å². The highest BCUT2D eigenvalue weighted by Gasteiger charge is 2.21. The number of nitrogens with zero attached hydrogens (tertiary/aromatic N) is 5. The molecule has 26 heavy (non-hydrogen) atoms. The normalized spacial score (nSPS) is 15.9. The fourth-order valence-electron chi connectivity index (χ4n) is 3.34. The van der Waals surface area contributed by atoms with Crippen LogP contribution in [0.1, 0.15) is 24.0 Å². The Labute approximate surface area is 153 Å². The third kappa shape index (κ3) is 3.91. The standard InChI is InChI=1S/C20H23N5O/c1-16-14-18(25-11-3-10-23-25)5-4-17(16)15-24-12-6-19(7-13-24)26-20-21-8-2-9-22-20/h2-5,8-11,14,19H,6-7,12-13,15H2,1H3. The quantitative estimate of drug-likeness (QED) is 0.709. The predicted molar refractivity (Wildman–Crippen MR) is 99.3 cm³/mol. The first-order chi connectivity index (χ1) is 12.8. The van der Waals surface area contributed by atoms with Gasteiger partial charge in [-0.05, 0) is 55.2 Å². The van der Waals surface area contributed by atoms with Crippen molar-refractivity contribution in [2.75, 3.05) is 13.1 Å². The molecule has 0 radical (unpaired) electrons. The Hall–Kier alpha value is -2.73. The Balaban J connectivity index is 1.33. The molecule has 6 heteroatoms. The second-order valence-corrected chi connectivity index (χ2v) is 6.69. The van der Waals surface area contributed by atoms with Crippen LogP contribution in [0, 0.1) is 6.92 Å². The SMILES string of the molecule is Cc1cc(-n2cccn2)ccc1CN1CCC(Oc2ncccn2)CC1. The zero-order valence-electron chi connectivity index (χ0n) is 15.0. The van der Waals surface area contributed by atoms with E-state index in [4.69, 9.17) is 4.74 Å². The first-order valence-corrected chi connectivity index (χ1v) is 9.03. The van der Waals surface area contributed by atoms with E-state index in [1.54, 1.807) is 24.7 Å². The van der Waals surface area contributed by atoms with E-state index in [0.29, 0.717) is 6.01 Å². The summed E-state index contributed by atoms with van der Waals surface area (Å²) in [6, 6.07) is 10.8. The lowest BCUT2D eigenvalue weighted by atomic mass is 10.0. The van der Waals surface area contributed by atoms with Gasteiger partial charge in [-0.1, -0.05) is 6.07 Å². The Bertz CT molecular complexity index is 827. The third-order valence-electron chi connectivity index (χ3n) is 4.84. The highest BCUT2D eigenvalue weighted by molar-refractivity contribution is 5.39. The molecule has 3 heterocycles. The van der Waals surface area contributed by atoms with E-state index < -0.39 is 0 Å². The van der Waals surface area contributed by atoms with Crippen molar-refractivity contribution in [2.24, 2.45) is 0 Å². The molecular formula is C20H23N5O. The summed E-state index contributed by atoms with van der Waals surface area (Å²) in [5.74, 6) is 0. The van der Waals surface area contributed by atoms with Crippen LogP contribution in [-0.4, -0.2) is 43.8 Å². The molecule has 4 rings (SSSR count). The molecule has 2 aromatic heterocycles. The minimum absolute atomic E-state index is 0.205. The average molecular weight is 349 g/mol. The summed E-state index contributed by atoms with van der Waals surface area (Å²) in [5, 5.41) is 4.30. The van der Waals surface area contributed by atoms with Crippen LogP contribution in [0.2, 0.25) is 0 Å². The van der Waals surface area contributed by atoms with E-state index in [2.05, 4.69) is 45.1 Å². The molecule has 0 spiro atoms. The summed E-state index contributed by atoms with van der Waals surface area (Å²) < 4.78 is 7.77. The van der Waals surface area contributed by atoms with Crippen LogP contribution in [0.5, 0.6) is 6.01 Å². The molecule has 0 bridgehead atoms. The van der Waals surface area contributed by atoms with E-state index >= 15 is 0 Å². The zero-order chi connectivity index (χ0) is 17.8. The van der Waals surface area contributed by atoms with Gasteiger partial charge >= 0.3 is 6.01 Å². The van der Waals surface area contributed by atoms with Gasteiger partial charge in [0.25, 0.3) is 0 Å². The molecule has 1 saturated heterocycles. The maximum Gasteiger partial charge on any atom is 0.316 e. The van der Waals surface area contributed by atoms with Crippen molar-refractivity contribution in [3.05, 3.63) is 66.2 Å². The molecule has 1 fully saturated rings. The fraction of sp³-hybridized carbons (Fsp3) is 0.350. The van der Waals surface area contributed by atoms with Crippen LogP contribution in [0.4, 0.5) is 0 Å². The third-order valence-corrected chi connectivity index (χ3v) is 4.84. The second-order valence-electron chi connectivity index (χ2n) is 6.69. The summed E-state index contributed by atoms with van der Waals surface area (Å²) in [4.78, 5) is 10.8.